The maximum absolute atomic E-state index is 6.68. The first-order valence-corrected chi connectivity index (χ1v) is 9.53. The summed E-state index contributed by atoms with van der Waals surface area (Å²) in [6.07, 6.45) is 0. The molecule has 1 aliphatic rings. The third-order valence-corrected chi connectivity index (χ3v) is 5.53. The Balaban J connectivity index is 1.45. The molecule has 1 N–H and O–H groups in total. The van der Waals surface area contributed by atoms with Crippen molar-refractivity contribution in [1.82, 2.24) is 9.78 Å². The van der Waals surface area contributed by atoms with Crippen LogP contribution in [0.4, 0.5) is 5.69 Å². The molecule has 0 amide bonds. The number of benzene rings is 2. The number of hydrogen-bond donors (Lipinski definition) is 1. The van der Waals surface area contributed by atoms with Gasteiger partial charge in [-0.3, -0.25) is 0 Å². The maximum atomic E-state index is 6.68. The van der Waals surface area contributed by atoms with Gasteiger partial charge in [0, 0.05) is 5.69 Å². The first kappa shape index (κ1) is 17.1. The third-order valence-electron chi connectivity index (χ3n) is 5.14. The highest BCUT2D eigenvalue weighted by molar-refractivity contribution is 6.30. The van der Waals surface area contributed by atoms with E-state index < -0.39 is 0 Å². The summed E-state index contributed by atoms with van der Waals surface area (Å²) in [5.74, 6) is 0. The van der Waals surface area contributed by atoms with E-state index in [0.717, 1.165) is 49.3 Å². The number of anilines is 1. The van der Waals surface area contributed by atoms with Gasteiger partial charge in [-0.05, 0) is 31.2 Å². The van der Waals surface area contributed by atoms with Crippen LogP contribution in [-0.2, 0) is 6.54 Å². The van der Waals surface area contributed by atoms with E-state index in [4.69, 9.17) is 11.6 Å². The molecule has 0 aliphatic carbocycles. The van der Waals surface area contributed by atoms with Crippen LogP contribution in [0.2, 0.25) is 5.15 Å². The van der Waals surface area contributed by atoms with Gasteiger partial charge in [0.1, 0.15) is 11.7 Å². The molecule has 3 aromatic rings. The number of rotatable bonds is 4. The number of halogens is 1. The van der Waals surface area contributed by atoms with E-state index in [1.165, 1.54) is 11.3 Å². The van der Waals surface area contributed by atoms with Crippen LogP contribution in [-0.4, -0.2) is 36.0 Å². The number of aromatic nitrogens is 2. The number of para-hydroxylation sites is 2. The lowest BCUT2D eigenvalue weighted by molar-refractivity contribution is -0.914. The van der Waals surface area contributed by atoms with Gasteiger partial charge in [0.15, 0.2) is 0 Å². The average molecular weight is 368 g/mol. The van der Waals surface area contributed by atoms with Gasteiger partial charge in [0.05, 0.1) is 43.1 Å². The quantitative estimate of drug-likeness (QED) is 0.767. The second kappa shape index (κ2) is 7.52. The molecule has 0 unspecified atom stereocenters. The number of nitrogens with zero attached hydrogens (tertiary/aromatic N) is 3. The average Bonchev–Trinajstić information content (AvgIpc) is 2.98. The van der Waals surface area contributed by atoms with Crippen LogP contribution >= 0.6 is 11.6 Å². The van der Waals surface area contributed by atoms with E-state index in [1.807, 2.05) is 35.0 Å². The Labute approximate surface area is 159 Å². The van der Waals surface area contributed by atoms with Crippen molar-refractivity contribution >= 4 is 17.3 Å². The number of piperazine rings is 1. The Morgan fingerprint density at radius 2 is 1.50 bits per heavy atom. The number of nitrogens with one attached hydrogen (secondary N) is 1. The van der Waals surface area contributed by atoms with Crippen LogP contribution in [0, 0.1) is 6.92 Å². The van der Waals surface area contributed by atoms with E-state index in [0.29, 0.717) is 0 Å². The molecule has 0 atom stereocenters. The number of quaternary nitrogens is 1. The molecule has 4 rings (SSSR count). The van der Waals surface area contributed by atoms with Gasteiger partial charge in [0.2, 0.25) is 0 Å². The highest BCUT2D eigenvalue weighted by Crippen LogP contribution is 2.23. The minimum atomic E-state index is 0.742. The maximum Gasteiger partial charge on any atom is 0.142 e. The molecule has 0 saturated carbocycles. The summed E-state index contributed by atoms with van der Waals surface area (Å²) in [4.78, 5) is 4.03. The van der Waals surface area contributed by atoms with Crippen molar-refractivity contribution in [2.75, 3.05) is 31.1 Å². The highest BCUT2D eigenvalue weighted by Gasteiger charge is 2.24. The topological polar surface area (TPSA) is 25.5 Å². The molecular weight excluding hydrogens is 344 g/mol. The number of aryl methyl sites for hydroxylation is 1. The zero-order valence-corrected chi connectivity index (χ0v) is 15.8. The molecule has 0 bridgehead atoms. The highest BCUT2D eigenvalue weighted by atomic mass is 35.5. The Kier molecular flexibility index (Phi) is 4.96. The van der Waals surface area contributed by atoms with Crippen molar-refractivity contribution in [2.24, 2.45) is 0 Å². The molecule has 26 heavy (non-hydrogen) atoms. The molecule has 0 spiro atoms. The van der Waals surface area contributed by atoms with Crippen molar-refractivity contribution < 1.29 is 4.90 Å². The molecule has 0 radical (unpaired) electrons. The molecule has 1 aliphatic heterocycles. The fraction of sp³-hybridized carbons (Fsp3) is 0.286. The summed E-state index contributed by atoms with van der Waals surface area (Å²) in [6, 6.07) is 20.8. The SMILES string of the molecule is Cc1nn(-c2ccccc2)c(Cl)c1C[NH+]1CCN(c2ccccc2)CC1. The lowest BCUT2D eigenvalue weighted by Crippen LogP contribution is -3.13. The minimum Gasteiger partial charge on any atom is -0.360 e. The Morgan fingerprint density at radius 3 is 2.12 bits per heavy atom. The lowest BCUT2D eigenvalue weighted by atomic mass is 10.2. The van der Waals surface area contributed by atoms with Crippen molar-refractivity contribution in [3.63, 3.8) is 0 Å². The Morgan fingerprint density at radius 1 is 0.923 bits per heavy atom. The van der Waals surface area contributed by atoms with Gasteiger partial charge in [-0.25, -0.2) is 4.68 Å². The predicted molar refractivity (Wildman–Crippen MR) is 106 cm³/mol. The molecule has 2 heterocycles. The van der Waals surface area contributed by atoms with E-state index in [1.54, 1.807) is 4.90 Å². The van der Waals surface area contributed by atoms with E-state index in [-0.39, 0.29) is 0 Å². The summed E-state index contributed by atoms with van der Waals surface area (Å²) in [7, 11) is 0. The zero-order valence-electron chi connectivity index (χ0n) is 15.0. The van der Waals surface area contributed by atoms with Gasteiger partial charge in [-0.2, -0.15) is 5.10 Å². The lowest BCUT2D eigenvalue weighted by Gasteiger charge is -2.33. The first-order valence-electron chi connectivity index (χ1n) is 9.15. The van der Waals surface area contributed by atoms with Crippen LogP contribution in [0.25, 0.3) is 5.69 Å². The Hall–Kier alpha value is -2.30. The fourth-order valence-corrected chi connectivity index (χ4v) is 3.96. The summed E-state index contributed by atoms with van der Waals surface area (Å²) >= 11 is 6.68. The Bertz CT molecular complexity index is 852. The molecule has 2 aromatic carbocycles. The van der Waals surface area contributed by atoms with Crippen molar-refractivity contribution in [3.05, 3.63) is 77.1 Å². The normalized spacial score (nSPS) is 15.4. The van der Waals surface area contributed by atoms with E-state index in [9.17, 15) is 0 Å². The molecule has 134 valence electrons. The van der Waals surface area contributed by atoms with Gasteiger partial charge < -0.3 is 9.80 Å². The standard InChI is InChI=1S/C21H23ClN4/c1-17-20(21(22)26(23-17)19-10-6-3-7-11-19)16-24-12-14-25(15-13-24)18-8-4-2-5-9-18/h2-11H,12-16H2,1H3/p+1. The minimum absolute atomic E-state index is 0.742. The summed E-state index contributed by atoms with van der Waals surface area (Å²) in [6.45, 7) is 7.36. The predicted octanol–water partition coefficient (Wildman–Crippen LogP) is 2.74. The zero-order chi connectivity index (χ0) is 17.9. The van der Waals surface area contributed by atoms with Crippen molar-refractivity contribution in [1.29, 1.82) is 0 Å². The summed E-state index contributed by atoms with van der Waals surface area (Å²) < 4.78 is 1.85. The van der Waals surface area contributed by atoms with E-state index in [2.05, 4.69) is 47.3 Å². The molecule has 1 aromatic heterocycles. The molecule has 5 heteroatoms. The van der Waals surface area contributed by atoms with Crippen LogP contribution in [0.15, 0.2) is 60.7 Å². The van der Waals surface area contributed by atoms with Crippen LogP contribution in [0.1, 0.15) is 11.3 Å². The van der Waals surface area contributed by atoms with E-state index >= 15 is 0 Å². The molecule has 4 nitrogen and oxygen atoms in total. The second-order valence-corrected chi connectivity index (χ2v) is 7.21. The van der Waals surface area contributed by atoms with Gasteiger partial charge >= 0.3 is 0 Å². The second-order valence-electron chi connectivity index (χ2n) is 6.85. The molecular formula is C21H24ClN4+. The number of hydrogen-bond acceptors (Lipinski definition) is 2. The third kappa shape index (κ3) is 3.48. The van der Waals surface area contributed by atoms with Gasteiger partial charge in [-0.1, -0.05) is 48.0 Å². The van der Waals surface area contributed by atoms with Crippen molar-refractivity contribution in [2.45, 2.75) is 13.5 Å². The summed E-state index contributed by atoms with van der Waals surface area (Å²) in [5, 5.41) is 5.41. The molecule has 1 saturated heterocycles. The monoisotopic (exact) mass is 367 g/mol. The van der Waals surface area contributed by atoms with Crippen LogP contribution < -0.4 is 9.80 Å². The van der Waals surface area contributed by atoms with Crippen LogP contribution in [0.5, 0.6) is 0 Å². The first-order chi connectivity index (χ1) is 12.7. The van der Waals surface area contributed by atoms with Gasteiger partial charge in [-0.15, -0.1) is 0 Å². The smallest absolute Gasteiger partial charge is 0.142 e. The van der Waals surface area contributed by atoms with Gasteiger partial charge in [0.25, 0.3) is 0 Å². The summed E-state index contributed by atoms with van der Waals surface area (Å²) in [5.41, 5.74) is 4.52. The fourth-order valence-electron chi connectivity index (χ4n) is 3.62. The van der Waals surface area contributed by atoms with Crippen LogP contribution in [0.3, 0.4) is 0 Å². The largest absolute Gasteiger partial charge is 0.360 e. The molecule has 1 fully saturated rings. The van der Waals surface area contributed by atoms with Crippen molar-refractivity contribution in [3.8, 4) is 5.69 Å².